The summed E-state index contributed by atoms with van der Waals surface area (Å²) in [4.78, 5) is 16.7. The fourth-order valence-corrected chi connectivity index (χ4v) is 2.21. The molecule has 0 bridgehead atoms. The molecule has 1 saturated heterocycles. The molecule has 0 aliphatic carbocycles. The Kier molecular flexibility index (Phi) is 3.67. The minimum Gasteiger partial charge on any atom is -0.394 e. The number of ether oxygens (including phenoxy) is 1. The van der Waals surface area contributed by atoms with E-state index in [4.69, 9.17) is 24.8 Å². The molecule has 2 heterocycles. The van der Waals surface area contributed by atoms with Crippen molar-refractivity contribution in [1.29, 1.82) is 0 Å². The lowest BCUT2D eigenvalue weighted by molar-refractivity contribution is -0.0467. The van der Waals surface area contributed by atoms with Gasteiger partial charge in [0.15, 0.2) is 11.1 Å². The van der Waals surface area contributed by atoms with Crippen LogP contribution in [-0.2, 0) is 4.74 Å². The third-order valence-corrected chi connectivity index (χ3v) is 3.33. The monoisotopic (exact) mass is 320 g/mol. The van der Waals surface area contributed by atoms with E-state index in [2.05, 4.69) is 15.9 Å². The number of aliphatic hydroxyl groups excluding tert-OH is 1. The van der Waals surface area contributed by atoms with E-state index in [1.165, 1.54) is 0 Å². The second kappa shape index (κ2) is 5.95. The molecule has 1 aliphatic rings. The Morgan fingerprint density at radius 3 is 3.05 bits per heavy atom. The van der Waals surface area contributed by atoms with Crippen LogP contribution in [0.25, 0.3) is 0 Å². The lowest BCUT2D eigenvalue weighted by Crippen LogP contribution is -2.43. The summed E-state index contributed by atoms with van der Waals surface area (Å²) in [6.07, 6.45) is -4.40. The van der Waals surface area contributed by atoms with E-state index in [0.29, 0.717) is 4.57 Å². The summed E-state index contributed by atoms with van der Waals surface area (Å²) in [5, 5.41) is 19.6. The second-order valence-electron chi connectivity index (χ2n) is 4.09. The van der Waals surface area contributed by atoms with E-state index in [1.807, 2.05) is 5.92 Å². The zero-order chi connectivity index (χ0) is 17.4. The van der Waals surface area contributed by atoms with E-state index in [9.17, 15) is 19.4 Å². The van der Waals surface area contributed by atoms with Gasteiger partial charge in [-0.2, -0.15) is 4.98 Å². The van der Waals surface area contributed by atoms with Crippen LogP contribution in [0.2, 0.25) is 0 Å². The first-order chi connectivity index (χ1) is 10.6. The van der Waals surface area contributed by atoms with Gasteiger partial charge in [0, 0.05) is 0 Å². The predicted molar refractivity (Wildman–Crippen MR) is 70.0 cm³/mol. The van der Waals surface area contributed by atoms with Gasteiger partial charge in [0.05, 0.1) is 9.30 Å². The molecule has 0 saturated carbocycles. The van der Waals surface area contributed by atoms with Crippen LogP contribution in [0.5, 0.6) is 0 Å². The molecule has 4 atom stereocenters. The number of aromatic nitrogens is 3. The van der Waals surface area contributed by atoms with Gasteiger partial charge in [0.2, 0.25) is 5.95 Å². The van der Waals surface area contributed by atoms with Crippen molar-refractivity contribution in [3.05, 3.63) is 16.8 Å². The highest BCUT2D eigenvalue weighted by molar-refractivity contribution is 6.27. The average Bonchev–Trinajstić information content (AvgIpc) is 2.70. The number of nitrogen functional groups attached to an aromatic ring is 1. The SMILES string of the molecule is [2H]C([2H])(O)[C@H]1O[C@@H](n2cnc(N)nc2=O)C(Cl)(C#CCF)[C@H]1O. The topological polar surface area (TPSA) is 123 Å². The molecule has 114 valence electrons. The number of hydrogen-bond donors (Lipinski definition) is 3. The van der Waals surface area contributed by atoms with Crippen molar-refractivity contribution in [3.63, 3.8) is 0 Å². The number of nitrogens with zero attached hydrogens (tertiary/aromatic N) is 3. The van der Waals surface area contributed by atoms with Crippen LogP contribution in [0.15, 0.2) is 11.1 Å². The first kappa shape index (κ1) is 13.0. The number of aliphatic hydroxyl groups is 2. The van der Waals surface area contributed by atoms with Gasteiger partial charge in [-0.25, -0.2) is 14.2 Å². The van der Waals surface area contributed by atoms with Crippen LogP contribution in [0.1, 0.15) is 8.97 Å². The molecule has 0 aromatic carbocycles. The van der Waals surface area contributed by atoms with Crippen LogP contribution < -0.4 is 11.4 Å². The van der Waals surface area contributed by atoms with Gasteiger partial charge >= 0.3 is 5.69 Å². The largest absolute Gasteiger partial charge is 0.394 e. The Hall–Kier alpha value is -1.73. The molecule has 0 radical (unpaired) electrons. The molecule has 10 heteroatoms. The van der Waals surface area contributed by atoms with E-state index in [1.54, 1.807) is 0 Å². The molecule has 21 heavy (non-hydrogen) atoms. The molecule has 1 aromatic heterocycles. The number of hydrogen-bond acceptors (Lipinski definition) is 7. The zero-order valence-corrected chi connectivity index (χ0v) is 11.2. The first-order valence-electron chi connectivity index (χ1n) is 6.62. The summed E-state index contributed by atoms with van der Waals surface area (Å²) in [6.45, 7) is -4.10. The Labute approximate surface area is 126 Å². The smallest absolute Gasteiger partial charge is 0.354 e. The normalized spacial score (nSPS) is 33.8. The van der Waals surface area contributed by atoms with Crippen molar-refractivity contribution in [2.24, 2.45) is 0 Å². The van der Waals surface area contributed by atoms with Crippen LogP contribution in [-0.4, -0.2) is 55.1 Å². The van der Waals surface area contributed by atoms with Crippen molar-refractivity contribution < 1.29 is 22.1 Å². The number of rotatable bonds is 2. The quantitative estimate of drug-likeness (QED) is 0.444. The number of halogens is 2. The Bertz CT molecular complexity index is 718. The minimum atomic E-state index is -3.00. The molecule has 1 unspecified atom stereocenters. The third kappa shape index (κ3) is 2.71. The predicted octanol–water partition coefficient (Wildman–Crippen LogP) is -1.58. The van der Waals surface area contributed by atoms with Crippen molar-refractivity contribution in [2.45, 2.75) is 23.3 Å². The average molecular weight is 321 g/mol. The molecule has 1 aromatic rings. The molecule has 0 spiro atoms. The maximum atomic E-state index is 12.3. The number of nitrogens with two attached hydrogens (primary N) is 1. The fourth-order valence-electron chi connectivity index (χ4n) is 1.87. The molecule has 2 rings (SSSR count). The molecule has 1 fully saturated rings. The van der Waals surface area contributed by atoms with Gasteiger partial charge in [0.1, 0.15) is 25.2 Å². The summed E-state index contributed by atoms with van der Waals surface area (Å²) in [6, 6.07) is 0. The maximum absolute atomic E-state index is 12.3. The van der Waals surface area contributed by atoms with Crippen molar-refractivity contribution in [2.75, 3.05) is 19.0 Å². The van der Waals surface area contributed by atoms with E-state index in [0.717, 1.165) is 6.33 Å². The Morgan fingerprint density at radius 1 is 1.76 bits per heavy atom. The third-order valence-electron chi connectivity index (χ3n) is 2.82. The Morgan fingerprint density at radius 2 is 2.48 bits per heavy atom. The van der Waals surface area contributed by atoms with Crippen molar-refractivity contribution >= 4 is 17.5 Å². The highest BCUT2D eigenvalue weighted by Crippen LogP contribution is 2.42. The first-order valence-corrected chi connectivity index (χ1v) is 6.00. The van der Waals surface area contributed by atoms with Gasteiger partial charge in [-0.15, -0.1) is 0 Å². The van der Waals surface area contributed by atoms with Gasteiger partial charge in [0.25, 0.3) is 0 Å². The zero-order valence-electron chi connectivity index (χ0n) is 12.4. The standard InChI is InChI=1S/C11H12ClFN4O4/c12-11(2-1-3-13)7(19)6(4-18)21-8(11)17-5-15-9(14)16-10(17)20/h5-8,18-19H,3-4H2,(H2,14,16,20)/t6-,7+,8-,11?/m1/s1/i4D2. The highest BCUT2D eigenvalue weighted by Gasteiger charge is 2.56. The van der Waals surface area contributed by atoms with Crippen LogP contribution >= 0.6 is 11.6 Å². The Balaban J connectivity index is 2.56. The van der Waals surface area contributed by atoms with E-state index >= 15 is 0 Å². The molecule has 8 nitrogen and oxygen atoms in total. The molecular weight excluding hydrogens is 307 g/mol. The number of alkyl halides is 2. The summed E-state index contributed by atoms with van der Waals surface area (Å²) in [7, 11) is 0. The summed E-state index contributed by atoms with van der Waals surface area (Å²) in [5.41, 5.74) is 4.30. The van der Waals surface area contributed by atoms with Crippen LogP contribution in [0, 0.1) is 11.8 Å². The summed E-state index contributed by atoms with van der Waals surface area (Å²) < 4.78 is 32.8. The van der Waals surface area contributed by atoms with Crippen LogP contribution in [0.4, 0.5) is 10.3 Å². The van der Waals surface area contributed by atoms with Crippen LogP contribution in [0.3, 0.4) is 0 Å². The lowest BCUT2D eigenvalue weighted by Gasteiger charge is -2.25. The van der Waals surface area contributed by atoms with Crippen molar-refractivity contribution in [3.8, 4) is 11.8 Å². The lowest BCUT2D eigenvalue weighted by atomic mass is 9.99. The van der Waals surface area contributed by atoms with Gasteiger partial charge in [-0.1, -0.05) is 23.4 Å². The molecular formula is C11H12ClFN4O4. The highest BCUT2D eigenvalue weighted by atomic mass is 35.5. The fraction of sp³-hybridized carbons (Fsp3) is 0.545. The van der Waals surface area contributed by atoms with E-state index in [-0.39, 0.29) is 5.95 Å². The maximum Gasteiger partial charge on any atom is 0.354 e. The molecule has 4 N–H and O–H groups in total. The minimum absolute atomic E-state index is 0.325. The summed E-state index contributed by atoms with van der Waals surface area (Å²) >= 11 is 6.17. The van der Waals surface area contributed by atoms with Gasteiger partial charge in [-0.05, 0) is 0 Å². The van der Waals surface area contributed by atoms with E-state index < -0.39 is 42.2 Å². The molecule has 1 aliphatic heterocycles. The number of anilines is 1. The summed E-state index contributed by atoms with van der Waals surface area (Å²) in [5.74, 6) is 3.86. The van der Waals surface area contributed by atoms with Gasteiger partial charge in [-0.3, -0.25) is 4.57 Å². The van der Waals surface area contributed by atoms with Crippen molar-refractivity contribution in [1.82, 2.24) is 14.5 Å². The van der Waals surface area contributed by atoms with Gasteiger partial charge < -0.3 is 20.7 Å². The second-order valence-corrected chi connectivity index (χ2v) is 4.72. The molecule has 0 amide bonds.